The number of rotatable bonds is 5. The molecule has 2 aromatic rings. The Bertz CT molecular complexity index is 680. The van der Waals surface area contributed by atoms with Crippen molar-refractivity contribution >= 4 is 5.69 Å². The first kappa shape index (κ1) is 15.9. The Morgan fingerprint density at radius 2 is 2.09 bits per heavy atom. The van der Waals surface area contributed by atoms with Crippen LogP contribution in [0.5, 0.6) is 5.88 Å². The average Bonchev–Trinajstić information content (AvgIpc) is 2.83. The number of aryl methyl sites for hydroxylation is 2. The molecule has 1 aromatic carbocycles. The highest BCUT2D eigenvalue weighted by atomic mass is 16.5. The Hall–Kier alpha value is -2.01. The number of hydrogen-bond acceptors (Lipinski definition) is 4. The van der Waals surface area contributed by atoms with Gasteiger partial charge in [0, 0.05) is 45.3 Å². The Morgan fingerprint density at radius 3 is 2.87 bits per heavy atom. The largest absolute Gasteiger partial charge is 0.481 e. The lowest BCUT2D eigenvalue weighted by atomic mass is 9.90. The van der Waals surface area contributed by atoms with E-state index in [1.165, 1.54) is 17.7 Å². The molecule has 3 rings (SSSR count). The van der Waals surface area contributed by atoms with Crippen LogP contribution in [0.15, 0.2) is 24.3 Å². The molecule has 0 bridgehead atoms. The van der Waals surface area contributed by atoms with Gasteiger partial charge in [0.15, 0.2) is 0 Å². The van der Waals surface area contributed by atoms with Gasteiger partial charge in [-0.2, -0.15) is 5.10 Å². The molecular formula is C18H26N4O. The van der Waals surface area contributed by atoms with Crippen molar-refractivity contribution in [3.05, 3.63) is 41.1 Å². The zero-order valence-corrected chi connectivity index (χ0v) is 14.5. The molecule has 0 radical (unpaired) electrons. The van der Waals surface area contributed by atoms with Crippen molar-refractivity contribution < 1.29 is 4.74 Å². The quantitative estimate of drug-likeness (QED) is 0.920. The van der Waals surface area contributed by atoms with E-state index in [4.69, 9.17) is 4.74 Å². The van der Waals surface area contributed by atoms with Gasteiger partial charge in [-0.25, -0.2) is 4.68 Å². The minimum Gasteiger partial charge on any atom is -0.481 e. The first-order valence-electron chi connectivity index (χ1n) is 8.19. The number of para-hydroxylation sites is 1. The smallest absolute Gasteiger partial charge is 0.216 e. The molecule has 0 saturated heterocycles. The average molecular weight is 314 g/mol. The zero-order valence-electron chi connectivity index (χ0n) is 14.5. The number of nitrogens with one attached hydrogen (secondary N) is 1. The van der Waals surface area contributed by atoms with Crippen LogP contribution >= 0.6 is 0 Å². The van der Waals surface area contributed by atoms with Crippen LogP contribution in [-0.4, -0.2) is 37.0 Å². The Labute approximate surface area is 138 Å². The number of nitrogens with zero attached hydrogens (tertiary/aromatic N) is 3. The summed E-state index contributed by atoms with van der Waals surface area (Å²) in [4.78, 5) is 2.35. The fraction of sp³-hybridized carbons (Fsp3) is 0.500. The van der Waals surface area contributed by atoms with E-state index in [1.54, 1.807) is 11.8 Å². The van der Waals surface area contributed by atoms with Crippen LogP contribution < -0.4 is 15.0 Å². The van der Waals surface area contributed by atoms with Crippen LogP contribution in [0.2, 0.25) is 0 Å². The van der Waals surface area contributed by atoms with Crippen molar-refractivity contribution in [2.24, 2.45) is 7.05 Å². The van der Waals surface area contributed by atoms with Crippen molar-refractivity contribution in [2.75, 3.05) is 32.1 Å². The predicted octanol–water partition coefficient (Wildman–Crippen LogP) is 2.45. The third kappa shape index (κ3) is 3.06. The van der Waals surface area contributed by atoms with Crippen LogP contribution in [-0.2, 0) is 13.6 Å². The summed E-state index contributed by atoms with van der Waals surface area (Å²) >= 11 is 0. The van der Waals surface area contributed by atoms with Crippen LogP contribution in [0.3, 0.4) is 0 Å². The van der Waals surface area contributed by atoms with Gasteiger partial charge < -0.3 is 15.0 Å². The summed E-state index contributed by atoms with van der Waals surface area (Å²) in [6, 6.07) is 8.73. The summed E-state index contributed by atoms with van der Waals surface area (Å²) in [7, 11) is 5.79. The number of hydrogen-bond donors (Lipinski definition) is 1. The second kappa shape index (κ2) is 6.62. The fourth-order valence-corrected chi connectivity index (χ4v) is 3.53. The Kier molecular flexibility index (Phi) is 4.57. The van der Waals surface area contributed by atoms with Gasteiger partial charge in [-0.05, 0) is 25.0 Å². The number of benzene rings is 1. The third-order valence-corrected chi connectivity index (χ3v) is 4.78. The molecule has 1 aliphatic heterocycles. The van der Waals surface area contributed by atoms with Gasteiger partial charge in [-0.15, -0.1) is 0 Å². The molecule has 0 amide bonds. The maximum absolute atomic E-state index is 5.46. The fourth-order valence-electron chi connectivity index (χ4n) is 3.53. The monoisotopic (exact) mass is 314 g/mol. The predicted molar refractivity (Wildman–Crippen MR) is 93.3 cm³/mol. The lowest BCUT2D eigenvalue weighted by Gasteiger charge is -2.33. The highest BCUT2D eigenvalue weighted by molar-refractivity contribution is 5.56. The first-order valence-corrected chi connectivity index (χ1v) is 8.19. The van der Waals surface area contributed by atoms with Crippen LogP contribution in [0, 0.1) is 6.92 Å². The highest BCUT2D eigenvalue weighted by Crippen LogP contribution is 2.33. The van der Waals surface area contributed by atoms with Gasteiger partial charge in [-0.3, -0.25) is 0 Å². The highest BCUT2D eigenvalue weighted by Gasteiger charge is 2.22. The lowest BCUT2D eigenvalue weighted by molar-refractivity contribution is 0.367. The lowest BCUT2D eigenvalue weighted by Crippen LogP contribution is -2.31. The van der Waals surface area contributed by atoms with Crippen LogP contribution in [0.4, 0.5) is 5.69 Å². The molecule has 0 unspecified atom stereocenters. The van der Waals surface area contributed by atoms with E-state index >= 15 is 0 Å². The standard InChI is InChI=1S/C18H26N4O/c1-13-16(18(23-4)22(3)20-13)12-19-11-14-9-10-21(2)17-8-6-5-7-15(14)17/h5-8,14,19H,9-12H2,1-4H3/t14-/m1/s1. The Morgan fingerprint density at radius 1 is 1.30 bits per heavy atom. The summed E-state index contributed by atoms with van der Waals surface area (Å²) in [5.74, 6) is 1.41. The molecule has 0 fully saturated rings. The number of fused-ring (bicyclic) bond motifs is 1. The molecule has 0 spiro atoms. The second-order valence-corrected chi connectivity index (χ2v) is 6.29. The summed E-state index contributed by atoms with van der Waals surface area (Å²) in [6.45, 7) is 4.91. The van der Waals surface area contributed by atoms with E-state index in [1.807, 2.05) is 14.0 Å². The van der Waals surface area contributed by atoms with E-state index in [0.29, 0.717) is 5.92 Å². The number of methoxy groups -OCH3 is 1. The van der Waals surface area contributed by atoms with Crippen molar-refractivity contribution in [2.45, 2.75) is 25.8 Å². The van der Waals surface area contributed by atoms with E-state index in [-0.39, 0.29) is 0 Å². The summed E-state index contributed by atoms with van der Waals surface area (Å²) in [5, 5.41) is 8.04. The Balaban J connectivity index is 1.67. The SMILES string of the molecule is COc1c(CNC[C@H]2CCN(C)c3ccccc32)c(C)nn1C. The molecule has 5 nitrogen and oxygen atoms in total. The van der Waals surface area contributed by atoms with E-state index in [0.717, 1.165) is 36.8 Å². The number of aromatic nitrogens is 2. The molecule has 1 aromatic heterocycles. The van der Waals surface area contributed by atoms with Crippen LogP contribution in [0.1, 0.15) is 29.2 Å². The number of anilines is 1. The maximum atomic E-state index is 5.46. The molecule has 23 heavy (non-hydrogen) atoms. The molecule has 1 atom stereocenters. The van der Waals surface area contributed by atoms with Gasteiger partial charge in [-0.1, -0.05) is 18.2 Å². The van der Waals surface area contributed by atoms with Crippen molar-refractivity contribution in [3.63, 3.8) is 0 Å². The molecule has 1 aliphatic rings. The summed E-state index contributed by atoms with van der Waals surface area (Å²) in [5.41, 5.74) is 4.99. The molecule has 124 valence electrons. The van der Waals surface area contributed by atoms with Gasteiger partial charge in [0.2, 0.25) is 5.88 Å². The zero-order chi connectivity index (χ0) is 16.4. The minimum absolute atomic E-state index is 0.561. The molecule has 1 N–H and O–H groups in total. The van der Waals surface area contributed by atoms with E-state index in [2.05, 4.69) is 46.6 Å². The number of ether oxygens (including phenoxy) is 1. The minimum atomic E-state index is 0.561. The summed E-state index contributed by atoms with van der Waals surface area (Å²) in [6.07, 6.45) is 1.18. The van der Waals surface area contributed by atoms with Gasteiger partial charge >= 0.3 is 0 Å². The van der Waals surface area contributed by atoms with Gasteiger partial charge in [0.1, 0.15) is 0 Å². The topological polar surface area (TPSA) is 42.3 Å². The van der Waals surface area contributed by atoms with E-state index < -0.39 is 0 Å². The normalized spacial score (nSPS) is 17.2. The molecule has 0 aliphatic carbocycles. The first-order chi connectivity index (χ1) is 11.1. The molecule has 2 heterocycles. The maximum Gasteiger partial charge on any atom is 0.216 e. The molecule has 5 heteroatoms. The van der Waals surface area contributed by atoms with Crippen molar-refractivity contribution in [1.82, 2.24) is 15.1 Å². The van der Waals surface area contributed by atoms with Crippen molar-refractivity contribution in [3.8, 4) is 5.88 Å². The van der Waals surface area contributed by atoms with Gasteiger partial charge in [0.05, 0.1) is 18.4 Å². The third-order valence-electron chi connectivity index (χ3n) is 4.78. The van der Waals surface area contributed by atoms with Gasteiger partial charge in [0.25, 0.3) is 0 Å². The second-order valence-electron chi connectivity index (χ2n) is 6.29. The van der Waals surface area contributed by atoms with Crippen LogP contribution in [0.25, 0.3) is 0 Å². The van der Waals surface area contributed by atoms with E-state index in [9.17, 15) is 0 Å². The molecular weight excluding hydrogens is 288 g/mol. The van der Waals surface area contributed by atoms with Crippen molar-refractivity contribution in [1.29, 1.82) is 0 Å². The molecule has 0 saturated carbocycles. The summed E-state index contributed by atoms with van der Waals surface area (Å²) < 4.78 is 7.27.